The maximum atomic E-state index is 11.4. The van der Waals surface area contributed by atoms with Crippen molar-refractivity contribution in [3.05, 3.63) is 11.8 Å². The van der Waals surface area contributed by atoms with E-state index in [4.69, 9.17) is 21.1 Å². The smallest absolute Gasteiger partial charge is 0.350 e. The van der Waals surface area contributed by atoms with Crippen molar-refractivity contribution in [2.24, 2.45) is 0 Å². The summed E-state index contributed by atoms with van der Waals surface area (Å²) >= 11 is 5.41. The third-order valence-corrected chi connectivity index (χ3v) is 1.79. The molecule has 0 amide bonds. The standard InChI is InChI=1S/C9H12ClNO4/c1-9(2)14-7(12)6(8(13)15-9)5-11-4-3-10/h5,11H,3-4H2,1-2H3. The number of ether oxygens (including phenoxy) is 2. The Labute approximate surface area is 92.4 Å². The van der Waals surface area contributed by atoms with Crippen LogP contribution in [0, 0.1) is 0 Å². The van der Waals surface area contributed by atoms with Crippen molar-refractivity contribution in [1.29, 1.82) is 0 Å². The molecule has 15 heavy (non-hydrogen) atoms. The first kappa shape index (κ1) is 11.8. The number of esters is 2. The molecule has 1 heterocycles. The summed E-state index contributed by atoms with van der Waals surface area (Å²) in [7, 11) is 0. The molecule has 0 aromatic rings. The highest BCUT2D eigenvalue weighted by Crippen LogP contribution is 2.21. The highest BCUT2D eigenvalue weighted by Gasteiger charge is 2.38. The highest BCUT2D eigenvalue weighted by molar-refractivity contribution is 6.18. The molecule has 0 saturated carbocycles. The highest BCUT2D eigenvalue weighted by atomic mass is 35.5. The van der Waals surface area contributed by atoms with Gasteiger partial charge in [0.15, 0.2) is 5.57 Å². The number of alkyl halides is 1. The molecule has 1 saturated heterocycles. The van der Waals surface area contributed by atoms with Gasteiger partial charge >= 0.3 is 11.9 Å². The number of hydrogen-bond acceptors (Lipinski definition) is 5. The molecule has 1 N–H and O–H groups in total. The van der Waals surface area contributed by atoms with Crippen LogP contribution in [0.5, 0.6) is 0 Å². The lowest BCUT2D eigenvalue weighted by atomic mass is 10.2. The lowest BCUT2D eigenvalue weighted by Crippen LogP contribution is -2.42. The first-order chi connectivity index (χ1) is 6.96. The second-order valence-electron chi connectivity index (χ2n) is 3.38. The number of hydrogen-bond donors (Lipinski definition) is 1. The predicted molar refractivity (Wildman–Crippen MR) is 53.1 cm³/mol. The third-order valence-electron chi connectivity index (χ3n) is 1.60. The topological polar surface area (TPSA) is 64.6 Å². The van der Waals surface area contributed by atoms with Gasteiger partial charge in [-0.25, -0.2) is 9.59 Å². The van der Waals surface area contributed by atoms with E-state index in [1.807, 2.05) is 0 Å². The van der Waals surface area contributed by atoms with Gasteiger partial charge in [0.1, 0.15) is 0 Å². The fourth-order valence-electron chi connectivity index (χ4n) is 1.01. The van der Waals surface area contributed by atoms with E-state index in [2.05, 4.69) is 5.32 Å². The largest absolute Gasteiger partial charge is 0.419 e. The van der Waals surface area contributed by atoms with Crippen molar-refractivity contribution in [2.45, 2.75) is 19.6 Å². The second-order valence-corrected chi connectivity index (χ2v) is 3.76. The van der Waals surface area contributed by atoms with Gasteiger partial charge in [0.25, 0.3) is 5.79 Å². The van der Waals surface area contributed by atoms with Gasteiger partial charge in [-0.05, 0) is 0 Å². The van der Waals surface area contributed by atoms with Gasteiger partial charge in [-0.3, -0.25) is 0 Å². The van der Waals surface area contributed by atoms with Crippen LogP contribution < -0.4 is 5.32 Å². The molecule has 84 valence electrons. The van der Waals surface area contributed by atoms with Crippen LogP contribution in [0.15, 0.2) is 11.8 Å². The Kier molecular flexibility index (Phi) is 3.57. The van der Waals surface area contributed by atoms with Crippen LogP contribution in [0.25, 0.3) is 0 Å². The van der Waals surface area contributed by atoms with E-state index in [1.54, 1.807) is 0 Å². The lowest BCUT2D eigenvalue weighted by Gasteiger charge is -2.29. The summed E-state index contributed by atoms with van der Waals surface area (Å²) in [5.41, 5.74) is -0.153. The summed E-state index contributed by atoms with van der Waals surface area (Å²) in [4.78, 5) is 22.7. The number of carbonyl (C=O) groups excluding carboxylic acids is 2. The molecule has 0 bridgehead atoms. The summed E-state index contributed by atoms with van der Waals surface area (Å²) in [5, 5.41) is 2.70. The van der Waals surface area contributed by atoms with E-state index in [0.717, 1.165) is 0 Å². The normalized spacial score (nSPS) is 19.3. The van der Waals surface area contributed by atoms with Gasteiger partial charge < -0.3 is 14.8 Å². The van der Waals surface area contributed by atoms with Crippen LogP contribution in [0.2, 0.25) is 0 Å². The fraction of sp³-hybridized carbons (Fsp3) is 0.556. The van der Waals surface area contributed by atoms with Crippen LogP contribution in [-0.2, 0) is 19.1 Å². The Bertz CT molecular complexity index is 289. The van der Waals surface area contributed by atoms with Gasteiger partial charge in [-0.2, -0.15) is 0 Å². The van der Waals surface area contributed by atoms with Gasteiger partial charge in [0.2, 0.25) is 0 Å². The number of cyclic esters (lactones) is 2. The van der Waals surface area contributed by atoms with Crippen molar-refractivity contribution in [3.63, 3.8) is 0 Å². The molecular formula is C9H12ClNO4. The van der Waals surface area contributed by atoms with Crippen molar-refractivity contribution >= 4 is 23.5 Å². The Morgan fingerprint density at radius 1 is 1.33 bits per heavy atom. The predicted octanol–water partition coefficient (Wildman–Crippen LogP) is 0.535. The molecule has 0 aromatic heterocycles. The Hall–Kier alpha value is -1.23. The second kappa shape index (κ2) is 4.53. The molecule has 1 rings (SSSR count). The summed E-state index contributed by atoms with van der Waals surface area (Å²) in [5.74, 6) is -2.21. The first-order valence-corrected chi connectivity index (χ1v) is 4.96. The molecule has 0 aliphatic carbocycles. The van der Waals surface area contributed by atoms with Crippen molar-refractivity contribution in [3.8, 4) is 0 Å². The summed E-state index contributed by atoms with van der Waals surface area (Å²) in [6, 6.07) is 0. The zero-order valence-electron chi connectivity index (χ0n) is 8.50. The van der Waals surface area contributed by atoms with E-state index in [0.29, 0.717) is 12.4 Å². The number of rotatable bonds is 3. The maximum absolute atomic E-state index is 11.4. The summed E-state index contributed by atoms with van der Waals surface area (Å²) in [6.45, 7) is 3.44. The number of nitrogens with one attached hydrogen (secondary N) is 1. The van der Waals surface area contributed by atoms with Crippen LogP contribution in [0.4, 0.5) is 0 Å². The minimum absolute atomic E-state index is 0.153. The van der Waals surface area contributed by atoms with Crippen molar-refractivity contribution < 1.29 is 19.1 Å². The lowest BCUT2D eigenvalue weighted by molar-refractivity contribution is -0.222. The SMILES string of the molecule is CC1(C)OC(=O)C(=CNCCCl)C(=O)O1. The third kappa shape index (κ3) is 3.13. The van der Waals surface area contributed by atoms with E-state index < -0.39 is 17.7 Å². The van der Waals surface area contributed by atoms with Crippen molar-refractivity contribution in [2.75, 3.05) is 12.4 Å². The first-order valence-electron chi connectivity index (χ1n) is 4.42. The molecule has 0 spiro atoms. The number of halogens is 1. The van der Waals surface area contributed by atoms with E-state index in [9.17, 15) is 9.59 Å². The summed E-state index contributed by atoms with van der Waals surface area (Å²) < 4.78 is 9.73. The molecule has 0 aromatic carbocycles. The minimum atomic E-state index is -1.20. The molecule has 0 radical (unpaired) electrons. The van der Waals surface area contributed by atoms with Crippen LogP contribution in [-0.4, -0.2) is 30.2 Å². The van der Waals surface area contributed by atoms with Gasteiger partial charge in [0.05, 0.1) is 0 Å². The monoisotopic (exact) mass is 233 g/mol. The summed E-state index contributed by atoms with van der Waals surface area (Å²) in [6.07, 6.45) is 1.25. The van der Waals surface area contributed by atoms with Crippen LogP contribution in [0.1, 0.15) is 13.8 Å². The zero-order valence-corrected chi connectivity index (χ0v) is 9.26. The number of carbonyl (C=O) groups is 2. The van der Waals surface area contributed by atoms with Crippen LogP contribution in [0.3, 0.4) is 0 Å². The van der Waals surface area contributed by atoms with Gasteiger partial charge in [0, 0.05) is 32.5 Å². The van der Waals surface area contributed by atoms with Crippen LogP contribution >= 0.6 is 11.6 Å². The van der Waals surface area contributed by atoms with E-state index >= 15 is 0 Å². The molecule has 0 unspecified atom stereocenters. The Morgan fingerprint density at radius 3 is 2.33 bits per heavy atom. The Morgan fingerprint density at radius 2 is 1.87 bits per heavy atom. The average molecular weight is 234 g/mol. The Balaban J connectivity index is 2.71. The molecule has 0 atom stereocenters. The molecule has 1 fully saturated rings. The molecule has 1 aliphatic heterocycles. The minimum Gasteiger partial charge on any atom is -0.419 e. The molecular weight excluding hydrogens is 222 g/mol. The average Bonchev–Trinajstić information content (AvgIpc) is 2.08. The molecule has 6 heteroatoms. The quantitative estimate of drug-likeness (QED) is 0.253. The van der Waals surface area contributed by atoms with Gasteiger partial charge in [-0.1, -0.05) is 0 Å². The van der Waals surface area contributed by atoms with Gasteiger partial charge in [-0.15, -0.1) is 11.6 Å². The maximum Gasteiger partial charge on any atom is 0.350 e. The fourth-order valence-corrected chi connectivity index (χ4v) is 1.12. The van der Waals surface area contributed by atoms with E-state index in [1.165, 1.54) is 20.0 Å². The molecule has 1 aliphatic rings. The van der Waals surface area contributed by atoms with E-state index in [-0.39, 0.29) is 5.57 Å². The van der Waals surface area contributed by atoms with Crippen molar-refractivity contribution in [1.82, 2.24) is 5.32 Å². The molecule has 5 nitrogen and oxygen atoms in total. The zero-order chi connectivity index (χ0) is 11.5.